The van der Waals surface area contributed by atoms with Crippen LogP contribution in [0.1, 0.15) is 22.6 Å². The van der Waals surface area contributed by atoms with E-state index in [-0.39, 0.29) is 70.4 Å². The van der Waals surface area contributed by atoms with Gasteiger partial charge in [-0.25, -0.2) is 44.5 Å². The van der Waals surface area contributed by atoms with E-state index in [1.54, 1.807) is 17.1 Å². The van der Waals surface area contributed by atoms with Crippen molar-refractivity contribution in [2.24, 2.45) is 5.50 Å². The minimum Gasteiger partial charge on any atom is -0.433 e. The van der Waals surface area contributed by atoms with Crippen molar-refractivity contribution in [3.8, 4) is 23.0 Å². The van der Waals surface area contributed by atoms with Crippen molar-refractivity contribution in [1.82, 2.24) is 25.2 Å². The SMILES string of the molecule is NP(=O)(N(c1ccc(C(c2ccccc2)c2ccccc2)cc1)N1CCNCC1)N(N(CCOC(=O)Oc1ccc([N+](=O)[O-])cc1)CCOC(=O)Oc1ccc([N+](=O)[O-])cc1)N(CCOC(=O)Oc1ccc([N+](=O)[O-])cc1)CCOC(=O)Oc1ccc([N+](=O)[O-])cc1. The maximum atomic E-state index is 16.9. The number of nitrogens with two attached hydrogens (primary N) is 1. The van der Waals surface area contributed by atoms with Gasteiger partial charge >= 0.3 is 32.2 Å². The molecule has 0 saturated carbocycles. The molecule has 0 aliphatic carbocycles. The van der Waals surface area contributed by atoms with Crippen LogP contribution in [-0.2, 0) is 23.5 Å². The Labute approximate surface area is 522 Å². The molecule has 0 aromatic heterocycles. The number of non-ortho nitro benzene ring substituents is 4. The molecule has 1 fully saturated rings. The number of anilines is 1. The molecule has 8 rings (SSSR count). The van der Waals surface area contributed by atoms with Crippen LogP contribution in [0.4, 0.5) is 47.6 Å². The molecular weight excluding hydrogens is 1230 g/mol. The maximum absolute atomic E-state index is 16.9. The number of ether oxygens (including phenoxy) is 8. The van der Waals surface area contributed by atoms with Gasteiger partial charge in [-0.1, -0.05) is 77.7 Å². The van der Waals surface area contributed by atoms with Gasteiger partial charge in [0.15, 0.2) is 0 Å². The predicted octanol–water partition coefficient (Wildman–Crippen LogP) is 9.79. The van der Waals surface area contributed by atoms with Crippen LogP contribution in [0.5, 0.6) is 23.0 Å². The summed E-state index contributed by atoms with van der Waals surface area (Å²) in [5.74, 6) is -0.871. The summed E-state index contributed by atoms with van der Waals surface area (Å²) < 4.78 is 61.4. The van der Waals surface area contributed by atoms with E-state index >= 15 is 4.57 Å². The first-order chi connectivity index (χ1) is 44.3. The van der Waals surface area contributed by atoms with E-state index in [2.05, 4.69) is 5.32 Å². The second kappa shape index (κ2) is 32.5. The van der Waals surface area contributed by atoms with Gasteiger partial charge in [0.05, 0.1) is 25.4 Å². The molecule has 1 aliphatic heterocycles. The van der Waals surface area contributed by atoms with Crippen LogP contribution >= 0.6 is 7.59 Å². The number of rotatable bonds is 29. The van der Waals surface area contributed by atoms with Crippen molar-refractivity contribution in [2.45, 2.75) is 5.92 Å². The summed E-state index contributed by atoms with van der Waals surface area (Å²) in [6.07, 6.45) is -5.25. The highest BCUT2D eigenvalue weighted by molar-refractivity contribution is 7.60. The van der Waals surface area contributed by atoms with Crippen LogP contribution in [0.2, 0.25) is 0 Å². The summed E-state index contributed by atoms with van der Waals surface area (Å²) in [5, 5.41) is 52.8. The number of carbonyl (C=O) groups excluding carboxylic acids is 4. The van der Waals surface area contributed by atoms with E-state index in [4.69, 9.17) is 43.4 Å². The van der Waals surface area contributed by atoms with Crippen LogP contribution in [0.15, 0.2) is 182 Å². The van der Waals surface area contributed by atoms with Crippen molar-refractivity contribution >= 4 is 60.7 Å². The molecule has 0 amide bonds. The molecule has 3 N–H and O–H groups in total. The highest BCUT2D eigenvalue weighted by Crippen LogP contribution is 2.52. The second-order valence-corrected chi connectivity index (χ2v) is 21.3. The average Bonchev–Trinajstić information content (AvgIpc) is 0.780. The van der Waals surface area contributed by atoms with Gasteiger partial charge in [0.2, 0.25) is 0 Å². The predicted molar refractivity (Wildman–Crippen MR) is 324 cm³/mol. The van der Waals surface area contributed by atoms with Gasteiger partial charge in [-0.15, -0.1) is 0 Å². The fraction of sp³-hybridized carbons (Fsp3) is 0.220. The molecule has 1 atom stereocenters. The molecule has 1 aliphatic rings. The molecule has 92 heavy (non-hydrogen) atoms. The van der Waals surface area contributed by atoms with Crippen LogP contribution in [0.3, 0.4) is 0 Å². The van der Waals surface area contributed by atoms with E-state index in [1.807, 2.05) is 72.8 Å². The molecule has 7 aromatic rings. The molecule has 0 spiro atoms. The zero-order chi connectivity index (χ0) is 65.6. The lowest BCUT2D eigenvalue weighted by molar-refractivity contribution is -0.385. The number of carbonyl (C=O) groups is 4. The van der Waals surface area contributed by atoms with E-state index in [0.717, 1.165) is 119 Å². The highest BCUT2D eigenvalue weighted by Gasteiger charge is 2.45. The van der Waals surface area contributed by atoms with Crippen molar-refractivity contribution in [1.29, 1.82) is 0 Å². The quantitative estimate of drug-likeness (QED) is 0.00837. The van der Waals surface area contributed by atoms with Crippen molar-refractivity contribution in [3.05, 3.63) is 239 Å². The maximum Gasteiger partial charge on any atom is 0.513 e. The Balaban J connectivity index is 1.19. The van der Waals surface area contributed by atoms with Gasteiger partial charge in [-0.05, 0) is 77.4 Å². The smallest absolute Gasteiger partial charge is 0.433 e. The number of hydrazine groups is 3. The van der Waals surface area contributed by atoms with E-state index in [0.29, 0.717) is 13.1 Å². The Kier molecular flexibility index (Phi) is 23.6. The number of benzene rings is 7. The zero-order valence-electron chi connectivity index (χ0n) is 48.5. The molecule has 0 radical (unpaired) electrons. The topological polar surface area (TPSA) is 386 Å². The van der Waals surface area contributed by atoms with E-state index < -0.39 is 105 Å². The molecule has 1 saturated heterocycles. The third kappa shape index (κ3) is 19.0. The highest BCUT2D eigenvalue weighted by atomic mass is 31.2. The molecule has 32 nitrogen and oxygen atoms in total. The summed E-state index contributed by atoms with van der Waals surface area (Å²) in [6, 6.07) is 44.4. The monoisotopic (exact) mass is 1290 g/mol. The first-order valence-corrected chi connectivity index (χ1v) is 29.5. The summed E-state index contributed by atoms with van der Waals surface area (Å²) in [6.45, 7) is -3.60. The Bertz CT molecular complexity index is 3360. The minimum atomic E-state index is -4.99. The summed E-state index contributed by atoms with van der Waals surface area (Å²) >= 11 is 0. The summed E-state index contributed by atoms with van der Waals surface area (Å²) in [4.78, 5) is 97.1. The van der Waals surface area contributed by atoms with Gasteiger partial charge in [-0.2, -0.15) is 0 Å². The van der Waals surface area contributed by atoms with Gasteiger partial charge < -0.3 is 43.2 Å². The van der Waals surface area contributed by atoms with Crippen LogP contribution in [0, 0.1) is 40.5 Å². The normalized spacial score (nSPS) is 12.9. The lowest BCUT2D eigenvalue weighted by Gasteiger charge is -2.50. The van der Waals surface area contributed by atoms with Crippen molar-refractivity contribution < 1.29 is 81.3 Å². The first-order valence-electron chi connectivity index (χ1n) is 27.8. The fourth-order valence-electron chi connectivity index (χ4n) is 9.20. The van der Waals surface area contributed by atoms with Gasteiger partial charge in [0.1, 0.15) is 49.4 Å². The Morgan fingerprint density at radius 1 is 0.446 bits per heavy atom. The third-order valence-corrected chi connectivity index (χ3v) is 15.4. The zero-order valence-corrected chi connectivity index (χ0v) is 49.4. The third-order valence-electron chi connectivity index (χ3n) is 13.4. The summed E-state index contributed by atoms with van der Waals surface area (Å²) in [5.41, 5.74) is 9.26. The lowest BCUT2D eigenvalue weighted by atomic mass is 9.85. The molecule has 1 heterocycles. The number of nitrogens with one attached hydrogen (secondary N) is 1. The minimum absolute atomic E-state index is 0.146. The van der Waals surface area contributed by atoms with Crippen LogP contribution in [-0.4, -0.2) is 143 Å². The number of nitro groups is 4. The van der Waals surface area contributed by atoms with Gasteiger partial charge in [0, 0.05) is 107 Å². The second-order valence-electron chi connectivity index (χ2n) is 19.4. The number of nitro benzene ring substituents is 4. The molecular formula is C59H58N11O21P. The number of nitrogens with zero attached hydrogens (tertiary/aromatic N) is 9. The number of hydrogen-bond acceptors (Lipinski definition) is 25. The van der Waals surface area contributed by atoms with E-state index in [1.165, 1.54) is 14.8 Å². The number of hydrogen-bond donors (Lipinski definition) is 2. The molecule has 33 heteroatoms. The number of piperazine rings is 1. The Morgan fingerprint density at radius 3 is 1.01 bits per heavy atom. The largest absolute Gasteiger partial charge is 0.513 e. The van der Waals surface area contributed by atoms with Gasteiger partial charge in [0.25, 0.3) is 22.7 Å². The summed E-state index contributed by atoms with van der Waals surface area (Å²) in [7, 11) is -4.99. The fourth-order valence-corrected chi connectivity index (χ4v) is 11.4. The lowest BCUT2D eigenvalue weighted by Crippen LogP contribution is -2.61. The Hall–Kier alpha value is -11.0. The van der Waals surface area contributed by atoms with Crippen molar-refractivity contribution in [3.63, 3.8) is 0 Å². The van der Waals surface area contributed by atoms with Gasteiger partial charge in [-0.3, -0.25) is 45.0 Å². The standard InChI is InChI=1S/C59H58N11O21P/c60-92(83,65(62-33-31-61-32-34-62)46-13-11-45(12-14-46)55(43-7-3-1-4-8-43)44-9-5-2-6-10-44)70(63(35-39-84-56(71)88-51-23-15-47(16-24-51)66(75)76)36-40-85-57(72)89-52-25-17-48(18-26-52)67(77)78)64(37-41-86-58(73)90-53-27-19-49(20-28-53)68(79)80)38-42-87-59(74)91-54-29-21-50(22-30-54)69(81)82/h1-30,55,61H,31-42H2,(H2,60,83). The molecule has 1 unspecified atom stereocenters. The van der Waals surface area contributed by atoms with Crippen LogP contribution in [0.25, 0.3) is 0 Å². The molecule has 480 valence electrons. The Morgan fingerprint density at radius 2 is 0.728 bits per heavy atom. The van der Waals surface area contributed by atoms with Crippen molar-refractivity contribution in [2.75, 3.05) is 83.6 Å². The average molecular weight is 1290 g/mol. The van der Waals surface area contributed by atoms with E-state index in [9.17, 15) is 59.6 Å². The molecule has 0 bridgehead atoms. The first kappa shape index (κ1) is 67.0. The molecule has 7 aromatic carbocycles. The van der Waals surface area contributed by atoms with Crippen LogP contribution < -0.4 is 34.5 Å².